The number of carbonyl (C=O) groups excluding carboxylic acids is 3. The molecule has 0 radical (unpaired) electrons. The van der Waals surface area contributed by atoms with Crippen molar-refractivity contribution in [2.75, 3.05) is 6.61 Å². The summed E-state index contributed by atoms with van der Waals surface area (Å²) in [5, 5.41) is 9.38. The largest absolute Gasteiger partial charge is 0.483 e. The molecule has 0 unspecified atom stereocenters. The van der Waals surface area contributed by atoms with Crippen molar-refractivity contribution in [2.24, 2.45) is 5.10 Å². The van der Waals surface area contributed by atoms with E-state index in [1.54, 1.807) is 32.0 Å². The molecule has 0 saturated carbocycles. The summed E-state index contributed by atoms with van der Waals surface area (Å²) < 4.78 is 5.55. The van der Waals surface area contributed by atoms with E-state index in [0.717, 1.165) is 5.56 Å². The van der Waals surface area contributed by atoms with Crippen molar-refractivity contribution in [1.82, 2.24) is 16.1 Å². The first-order valence-electron chi connectivity index (χ1n) is 9.22. The van der Waals surface area contributed by atoms with Gasteiger partial charge in [0.25, 0.3) is 5.91 Å². The number of hydrazone groups is 1. The molecule has 0 fully saturated rings. The van der Waals surface area contributed by atoms with Crippen LogP contribution < -0.4 is 20.8 Å². The summed E-state index contributed by atoms with van der Waals surface area (Å²) in [7, 11) is 0. The van der Waals surface area contributed by atoms with Crippen molar-refractivity contribution in [3.05, 3.63) is 64.7 Å². The number of hydrogen-bond acceptors (Lipinski definition) is 5. The van der Waals surface area contributed by atoms with Gasteiger partial charge >= 0.3 is 11.8 Å². The fourth-order valence-electron chi connectivity index (χ4n) is 2.28. The van der Waals surface area contributed by atoms with Gasteiger partial charge in [-0.3, -0.25) is 14.4 Å². The number of amides is 3. The van der Waals surface area contributed by atoms with Gasteiger partial charge in [-0.1, -0.05) is 41.9 Å². The summed E-state index contributed by atoms with van der Waals surface area (Å²) in [6, 6.07) is 14.1. The lowest BCUT2D eigenvalue weighted by Crippen LogP contribution is -2.41. The third-order valence-electron chi connectivity index (χ3n) is 3.66. The van der Waals surface area contributed by atoms with Gasteiger partial charge in [0.15, 0.2) is 6.61 Å². The van der Waals surface area contributed by atoms with Crippen LogP contribution in [-0.4, -0.2) is 36.6 Å². The van der Waals surface area contributed by atoms with Crippen molar-refractivity contribution in [1.29, 1.82) is 0 Å². The number of halogens is 1. The minimum absolute atomic E-state index is 0.173. The number of nitrogens with zero attached hydrogens (tertiary/aromatic N) is 1. The molecule has 0 aliphatic heterocycles. The Morgan fingerprint density at radius 1 is 1.10 bits per heavy atom. The molecule has 158 valence electrons. The van der Waals surface area contributed by atoms with Gasteiger partial charge in [0.2, 0.25) is 0 Å². The Morgan fingerprint density at radius 2 is 1.83 bits per heavy atom. The Bertz CT molecular complexity index is 916. The summed E-state index contributed by atoms with van der Waals surface area (Å²) in [6.45, 7) is 3.65. The van der Waals surface area contributed by atoms with Crippen molar-refractivity contribution >= 4 is 35.5 Å². The molecule has 0 heterocycles. The third kappa shape index (κ3) is 7.92. The number of benzene rings is 2. The van der Waals surface area contributed by atoms with Gasteiger partial charge in [-0.05, 0) is 37.6 Å². The van der Waals surface area contributed by atoms with Crippen molar-refractivity contribution in [2.45, 2.75) is 26.4 Å². The van der Waals surface area contributed by atoms with E-state index in [-0.39, 0.29) is 18.6 Å². The Kier molecular flexibility index (Phi) is 8.83. The predicted molar refractivity (Wildman–Crippen MR) is 114 cm³/mol. The zero-order valence-electron chi connectivity index (χ0n) is 16.6. The van der Waals surface area contributed by atoms with Crippen LogP contribution in [0.2, 0.25) is 5.02 Å². The second-order valence-corrected chi connectivity index (χ2v) is 7.00. The van der Waals surface area contributed by atoms with Gasteiger partial charge in [-0.25, -0.2) is 5.43 Å². The molecule has 0 bridgehead atoms. The molecule has 0 spiro atoms. The van der Waals surface area contributed by atoms with Crippen LogP contribution in [0.15, 0.2) is 53.6 Å². The normalized spacial score (nSPS) is 10.7. The average molecular weight is 431 g/mol. The van der Waals surface area contributed by atoms with E-state index in [9.17, 15) is 14.4 Å². The van der Waals surface area contributed by atoms with Gasteiger partial charge in [-0.2, -0.15) is 5.10 Å². The second kappa shape index (κ2) is 11.6. The predicted octanol–water partition coefficient (Wildman–Crippen LogP) is 2.01. The molecule has 0 atom stereocenters. The molecule has 9 heteroatoms. The molecular weight excluding hydrogens is 408 g/mol. The molecule has 30 heavy (non-hydrogen) atoms. The van der Waals surface area contributed by atoms with Crippen LogP contribution in [0, 0.1) is 0 Å². The standard InChI is InChI=1S/C21H23ClN4O4/c1-14(2)25-20(28)21(29)26-24-12-16-10-17(22)8-9-18(16)30-13-19(27)23-11-15-6-4-3-5-7-15/h3-10,12,14H,11,13H2,1-2H3,(H,23,27)(H,25,28)(H,26,29)/b24-12-. The zero-order chi connectivity index (χ0) is 21.9. The first kappa shape index (κ1) is 22.9. The lowest BCUT2D eigenvalue weighted by atomic mass is 10.2. The molecule has 3 amide bonds. The van der Waals surface area contributed by atoms with Crippen LogP contribution in [0.5, 0.6) is 5.75 Å². The van der Waals surface area contributed by atoms with E-state index in [4.69, 9.17) is 16.3 Å². The van der Waals surface area contributed by atoms with E-state index in [2.05, 4.69) is 21.2 Å². The van der Waals surface area contributed by atoms with Gasteiger partial charge in [0.1, 0.15) is 5.75 Å². The average Bonchev–Trinajstić information content (AvgIpc) is 2.71. The summed E-state index contributed by atoms with van der Waals surface area (Å²) in [5.74, 6) is -1.64. The lowest BCUT2D eigenvalue weighted by Gasteiger charge is -2.10. The van der Waals surface area contributed by atoms with E-state index >= 15 is 0 Å². The smallest absolute Gasteiger partial charge is 0.329 e. The minimum atomic E-state index is -0.898. The molecule has 0 aliphatic carbocycles. The Balaban J connectivity index is 1.91. The van der Waals surface area contributed by atoms with Crippen LogP contribution in [0.1, 0.15) is 25.0 Å². The Hall–Kier alpha value is -3.39. The van der Waals surface area contributed by atoms with Crippen LogP contribution in [-0.2, 0) is 20.9 Å². The van der Waals surface area contributed by atoms with E-state index in [1.807, 2.05) is 30.3 Å². The summed E-state index contributed by atoms with van der Waals surface area (Å²) in [5.41, 5.74) is 3.53. The van der Waals surface area contributed by atoms with Gasteiger partial charge in [-0.15, -0.1) is 0 Å². The maximum Gasteiger partial charge on any atom is 0.329 e. The van der Waals surface area contributed by atoms with E-state index in [0.29, 0.717) is 22.9 Å². The molecule has 0 saturated heterocycles. The first-order valence-corrected chi connectivity index (χ1v) is 9.60. The molecule has 0 aliphatic rings. The zero-order valence-corrected chi connectivity index (χ0v) is 17.4. The van der Waals surface area contributed by atoms with E-state index in [1.165, 1.54) is 6.21 Å². The van der Waals surface area contributed by atoms with Crippen LogP contribution in [0.25, 0.3) is 0 Å². The SMILES string of the molecule is CC(C)NC(=O)C(=O)N/N=C\c1cc(Cl)ccc1OCC(=O)NCc1ccccc1. The molecule has 0 aromatic heterocycles. The highest BCUT2D eigenvalue weighted by Crippen LogP contribution is 2.21. The maximum absolute atomic E-state index is 12.0. The molecule has 8 nitrogen and oxygen atoms in total. The fraction of sp³-hybridized carbons (Fsp3) is 0.238. The van der Waals surface area contributed by atoms with Crippen LogP contribution in [0.4, 0.5) is 0 Å². The quantitative estimate of drug-likeness (QED) is 0.338. The van der Waals surface area contributed by atoms with Crippen LogP contribution >= 0.6 is 11.6 Å². The number of carbonyl (C=O) groups is 3. The molecular formula is C21H23ClN4O4. The molecule has 2 rings (SSSR count). The lowest BCUT2D eigenvalue weighted by molar-refractivity contribution is -0.139. The van der Waals surface area contributed by atoms with Crippen molar-refractivity contribution in [3.63, 3.8) is 0 Å². The number of hydrogen-bond donors (Lipinski definition) is 3. The van der Waals surface area contributed by atoms with E-state index < -0.39 is 11.8 Å². The van der Waals surface area contributed by atoms with Crippen molar-refractivity contribution < 1.29 is 19.1 Å². The van der Waals surface area contributed by atoms with Crippen molar-refractivity contribution in [3.8, 4) is 5.75 Å². The Morgan fingerprint density at radius 3 is 2.53 bits per heavy atom. The van der Waals surface area contributed by atoms with Crippen LogP contribution in [0.3, 0.4) is 0 Å². The highest BCUT2D eigenvalue weighted by atomic mass is 35.5. The number of ether oxygens (including phenoxy) is 1. The summed E-state index contributed by atoms with van der Waals surface area (Å²) >= 11 is 6.00. The number of nitrogens with one attached hydrogen (secondary N) is 3. The first-order chi connectivity index (χ1) is 14.3. The van der Waals surface area contributed by atoms with Gasteiger partial charge in [0.05, 0.1) is 6.21 Å². The fourth-order valence-corrected chi connectivity index (χ4v) is 2.46. The topological polar surface area (TPSA) is 109 Å². The monoisotopic (exact) mass is 430 g/mol. The second-order valence-electron chi connectivity index (χ2n) is 6.56. The molecule has 2 aromatic carbocycles. The highest BCUT2D eigenvalue weighted by Gasteiger charge is 2.13. The minimum Gasteiger partial charge on any atom is -0.483 e. The summed E-state index contributed by atoms with van der Waals surface area (Å²) in [4.78, 5) is 35.3. The Labute approximate surface area is 179 Å². The van der Waals surface area contributed by atoms with Gasteiger partial charge < -0.3 is 15.4 Å². The third-order valence-corrected chi connectivity index (χ3v) is 3.89. The van der Waals surface area contributed by atoms with Gasteiger partial charge in [0, 0.05) is 23.2 Å². The highest BCUT2D eigenvalue weighted by molar-refractivity contribution is 6.35. The maximum atomic E-state index is 12.0. The molecule has 3 N–H and O–H groups in total. The molecule has 2 aromatic rings. The summed E-state index contributed by atoms with van der Waals surface area (Å²) in [6.07, 6.45) is 1.28. The number of rotatable bonds is 8.